The Morgan fingerprint density at radius 2 is 1.94 bits per heavy atom. The molecule has 0 atom stereocenters. The highest BCUT2D eigenvalue weighted by atomic mass is 32.2. The second kappa shape index (κ2) is 5.24. The molecule has 1 heterocycles. The van der Waals surface area contributed by atoms with Gasteiger partial charge in [-0.1, -0.05) is 26.2 Å². The first kappa shape index (κ1) is 13.3. The van der Waals surface area contributed by atoms with E-state index in [1.807, 2.05) is 11.2 Å². The Labute approximate surface area is 105 Å². The van der Waals surface area contributed by atoms with Crippen molar-refractivity contribution in [3.05, 3.63) is 0 Å². The van der Waals surface area contributed by atoms with Crippen LogP contribution in [0, 0.1) is 0 Å². The maximum absolute atomic E-state index is 12.4. The first-order valence-electron chi connectivity index (χ1n) is 6.82. The van der Waals surface area contributed by atoms with E-state index in [4.69, 9.17) is 0 Å². The highest BCUT2D eigenvalue weighted by molar-refractivity contribution is 7.89. The molecule has 5 heteroatoms. The van der Waals surface area contributed by atoms with Crippen LogP contribution in [0.15, 0.2) is 0 Å². The van der Waals surface area contributed by atoms with Gasteiger partial charge in [-0.05, 0) is 19.3 Å². The summed E-state index contributed by atoms with van der Waals surface area (Å²) in [5.74, 6) is 0.300. The van der Waals surface area contributed by atoms with Crippen LogP contribution < -0.4 is 5.32 Å². The van der Waals surface area contributed by atoms with E-state index in [1.165, 1.54) is 19.3 Å². The minimum Gasteiger partial charge on any atom is -0.314 e. The number of piperazine rings is 1. The van der Waals surface area contributed by atoms with Crippen molar-refractivity contribution >= 4 is 10.0 Å². The standard InChI is InChI=1S/C12H24N2O2S/c1-2-10-17(15,16)14-9-8-13-11-12(14)6-4-3-5-7-12/h13H,2-11H2,1H3. The summed E-state index contributed by atoms with van der Waals surface area (Å²) in [7, 11) is -3.05. The predicted molar refractivity (Wildman–Crippen MR) is 69.5 cm³/mol. The zero-order valence-electron chi connectivity index (χ0n) is 10.7. The van der Waals surface area contributed by atoms with Gasteiger partial charge < -0.3 is 5.32 Å². The summed E-state index contributed by atoms with van der Waals surface area (Å²) in [6.45, 7) is 4.23. The third-order valence-corrected chi connectivity index (χ3v) is 6.22. The summed E-state index contributed by atoms with van der Waals surface area (Å²) in [5, 5.41) is 3.38. The lowest BCUT2D eigenvalue weighted by Gasteiger charge is -2.48. The van der Waals surface area contributed by atoms with Gasteiger partial charge >= 0.3 is 0 Å². The lowest BCUT2D eigenvalue weighted by atomic mass is 9.80. The SMILES string of the molecule is CCCS(=O)(=O)N1CCNCC12CCCCC2. The Balaban J connectivity index is 2.22. The van der Waals surface area contributed by atoms with E-state index >= 15 is 0 Å². The second-order valence-electron chi connectivity index (χ2n) is 5.35. The van der Waals surface area contributed by atoms with Gasteiger partial charge in [0.25, 0.3) is 0 Å². The Morgan fingerprint density at radius 1 is 1.24 bits per heavy atom. The first-order chi connectivity index (χ1) is 8.11. The van der Waals surface area contributed by atoms with Gasteiger partial charge in [0.2, 0.25) is 10.0 Å². The molecule has 0 bridgehead atoms. The maximum Gasteiger partial charge on any atom is 0.214 e. The molecule has 1 saturated carbocycles. The molecule has 0 amide bonds. The summed E-state index contributed by atoms with van der Waals surface area (Å²) in [6, 6.07) is 0. The summed E-state index contributed by atoms with van der Waals surface area (Å²) >= 11 is 0. The normalized spacial score (nSPS) is 26.2. The predicted octanol–water partition coefficient (Wildman–Crippen LogP) is 1.33. The lowest BCUT2D eigenvalue weighted by Crippen LogP contribution is -2.63. The van der Waals surface area contributed by atoms with Crippen LogP contribution >= 0.6 is 0 Å². The minimum absolute atomic E-state index is 0.107. The number of hydrogen-bond donors (Lipinski definition) is 1. The molecule has 2 rings (SSSR count). The molecule has 0 aromatic rings. The molecule has 1 aliphatic carbocycles. The largest absolute Gasteiger partial charge is 0.314 e. The fourth-order valence-corrected chi connectivity index (χ4v) is 5.21. The zero-order valence-corrected chi connectivity index (χ0v) is 11.6. The Kier molecular flexibility index (Phi) is 4.10. The van der Waals surface area contributed by atoms with Gasteiger partial charge in [-0.25, -0.2) is 8.42 Å². The molecule has 17 heavy (non-hydrogen) atoms. The average molecular weight is 260 g/mol. The molecule has 2 aliphatic rings. The van der Waals surface area contributed by atoms with Crippen molar-refractivity contribution in [3.63, 3.8) is 0 Å². The van der Waals surface area contributed by atoms with Crippen molar-refractivity contribution < 1.29 is 8.42 Å². The quantitative estimate of drug-likeness (QED) is 0.833. The van der Waals surface area contributed by atoms with E-state index in [0.29, 0.717) is 18.7 Å². The maximum atomic E-state index is 12.4. The molecule has 0 unspecified atom stereocenters. The average Bonchev–Trinajstić information content (AvgIpc) is 2.30. The van der Waals surface area contributed by atoms with Crippen molar-refractivity contribution in [1.29, 1.82) is 0 Å². The second-order valence-corrected chi connectivity index (χ2v) is 7.36. The molecule has 100 valence electrons. The van der Waals surface area contributed by atoms with Crippen LogP contribution in [0.25, 0.3) is 0 Å². The van der Waals surface area contributed by atoms with Gasteiger partial charge in [0.05, 0.1) is 5.75 Å². The monoisotopic (exact) mass is 260 g/mol. The number of sulfonamides is 1. The summed E-state index contributed by atoms with van der Waals surface area (Å²) in [6.07, 6.45) is 6.36. The molecule has 4 nitrogen and oxygen atoms in total. The number of hydrogen-bond acceptors (Lipinski definition) is 3. The fourth-order valence-electron chi connectivity index (χ4n) is 3.27. The summed E-state index contributed by atoms with van der Waals surface area (Å²) in [5.41, 5.74) is -0.107. The van der Waals surface area contributed by atoms with Crippen LogP contribution in [0.5, 0.6) is 0 Å². The number of nitrogens with one attached hydrogen (secondary N) is 1. The van der Waals surface area contributed by atoms with Crippen molar-refractivity contribution in [1.82, 2.24) is 9.62 Å². The molecule has 2 fully saturated rings. The van der Waals surface area contributed by atoms with Crippen molar-refractivity contribution in [2.45, 2.75) is 51.0 Å². The van der Waals surface area contributed by atoms with Gasteiger partial charge in [-0.15, -0.1) is 0 Å². The van der Waals surface area contributed by atoms with Crippen molar-refractivity contribution in [3.8, 4) is 0 Å². The van der Waals surface area contributed by atoms with E-state index in [9.17, 15) is 8.42 Å². The van der Waals surface area contributed by atoms with E-state index in [0.717, 1.165) is 25.9 Å². The van der Waals surface area contributed by atoms with Crippen LogP contribution in [0.3, 0.4) is 0 Å². The molecule has 0 aromatic carbocycles. The Hall–Kier alpha value is -0.130. The van der Waals surface area contributed by atoms with E-state index < -0.39 is 10.0 Å². The van der Waals surface area contributed by atoms with Gasteiger partial charge in [0, 0.05) is 25.2 Å². The fraction of sp³-hybridized carbons (Fsp3) is 1.00. The van der Waals surface area contributed by atoms with Gasteiger partial charge in [-0.3, -0.25) is 0 Å². The number of nitrogens with zero attached hydrogens (tertiary/aromatic N) is 1. The number of rotatable bonds is 3. The first-order valence-corrected chi connectivity index (χ1v) is 8.43. The highest BCUT2D eigenvalue weighted by Crippen LogP contribution is 2.36. The van der Waals surface area contributed by atoms with Crippen LogP contribution in [0.4, 0.5) is 0 Å². The molecule has 0 radical (unpaired) electrons. The minimum atomic E-state index is -3.05. The van der Waals surface area contributed by atoms with Gasteiger partial charge in [-0.2, -0.15) is 4.31 Å². The molecule has 1 spiro atoms. The van der Waals surface area contributed by atoms with Crippen molar-refractivity contribution in [2.75, 3.05) is 25.4 Å². The van der Waals surface area contributed by atoms with Gasteiger partial charge in [0.1, 0.15) is 0 Å². The summed E-state index contributed by atoms with van der Waals surface area (Å²) < 4.78 is 26.5. The van der Waals surface area contributed by atoms with Crippen LogP contribution in [-0.4, -0.2) is 43.6 Å². The third-order valence-electron chi connectivity index (χ3n) is 4.06. The topological polar surface area (TPSA) is 49.4 Å². The smallest absolute Gasteiger partial charge is 0.214 e. The molecule has 1 N–H and O–H groups in total. The molecule has 1 saturated heterocycles. The van der Waals surface area contributed by atoms with Crippen molar-refractivity contribution in [2.24, 2.45) is 0 Å². The van der Waals surface area contributed by atoms with E-state index in [1.54, 1.807) is 0 Å². The highest BCUT2D eigenvalue weighted by Gasteiger charge is 2.44. The van der Waals surface area contributed by atoms with E-state index in [2.05, 4.69) is 5.32 Å². The summed E-state index contributed by atoms with van der Waals surface area (Å²) in [4.78, 5) is 0. The molecule has 1 aliphatic heterocycles. The zero-order chi connectivity index (χ0) is 12.4. The van der Waals surface area contributed by atoms with Gasteiger partial charge in [0.15, 0.2) is 0 Å². The molecular formula is C12H24N2O2S. The Bertz CT molecular complexity index is 339. The van der Waals surface area contributed by atoms with Crippen LogP contribution in [0.1, 0.15) is 45.4 Å². The van der Waals surface area contributed by atoms with E-state index in [-0.39, 0.29) is 5.54 Å². The molecule has 0 aromatic heterocycles. The Morgan fingerprint density at radius 3 is 2.59 bits per heavy atom. The molecular weight excluding hydrogens is 236 g/mol. The lowest BCUT2D eigenvalue weighted by molar-refractivity contribution is 0.101. The third kappa shape index (κ3) is 2.66. The van der Waals surface area contributed by atoms with Crippen LogP contribution in [-0.2, 0) is 10.0 Å². The van der Waals surface area contributed by atoms with Crippen LogP contribution in [0.2, 0.25) is 0 Å².